The van der Waals surface area contributed by atoms with Gasteiger partial charge in [0.1, 0.15) is 18.8 Å². The van der Waals surface area contributed by atoms with E-state index in [0.29, 0.717) is 19.8 Å². The van der Waals surface area contributed by atoms with Crippen molar-refractivity contribution in [2.75, 3.05) is 33.0 Å². The normalized spacial score (nSPS) is 27.7. The first-order chi connectivity index (χ1) is 12.8. The third-order valence-electron chi connectivity index (χ3n) is 3.77. The fourth-order valence-electron chi connectivity index (χ4n) is 2.67. The van der Waals surface area contributed by atoms with Gasteiger partial charge in [0.25, 0.3) is 0 Å². The van der Waals surface area contributed by atoms with Crippen molar-refractivity contribution in [2.45, 2.75) is 52.3 Å². The second-order valence-corrected chi connectivity index (χ2v) is 6.12. The molecule has 0 amide bonds. The third-order valence-corrected chi connectivity index (χ3v) is 3.77. The number of esters is 3. The molecular formula is C17H29NO9. The van der Waals surface area contributed by atoms with Gasteiger partial charge in [-0.1, -0.05) is 6.92 Å². The van der Waals surface area contributed by atoms with E-state index in [1.54, 1.807) is 6.92 Å². The van der Waals surface area contributed by atoms with Crippen molar-refractivity contribution in [3.05, 3.63) is 0 Å². The van der Waals surface area contributed by atoms with Crippen molar-refractivity contribution in [1.82, 2.24) is 0 Å². The molecule has 0 aliphatic carbocycles. The van der Waals surface area contributed by atoms with Crippen LogP contribution in [0.4, 0.5) is 0 Å². The molecule has 1 aliphatic heterocycles. The van der Waals surface area contributed by atoms with Crippen LogP contribution in [-0.4, -0.2) is 75.5 Å². The van der Waals surface area contributed by atoms with Gasteiger partial charge in [0.2, 0.25) is 0 Å². The summed E-state index contributed by atoms with van der Waals surface area (Å²) in [7, 11) is 0. The van der Waals surface area contributed by atoms with Crippen LogP contribution in [0, 0.1) is 5.92 Å². The highest BCUT2D eigenvalue weighted by Gasteiger charge is 2.48. The van der Waals surface area contributed by atoms with E-state index >= 15 is 0 Å². The van der Waals surface area contributed by atoms with E-state index in [9.17, 15) is 14.4 Å². The quantitative estimate of drug-likeness (QED) is 0.302. The Morgan fingerprint density at radius 1 is 0.926 bits per heavy atom. The van der Waals surface area contributed by atoms with Gasteiger partial charge in [-0.05, 0) is 0 Å². The number of hydrogen-bond donors (Lipinski definition) is 1. The highest BCUT2D eigenvalue weighted by atomic mass is 16.7. The molecule has 10 nitrogen and oxygen atoms in total. The molecule has 1 saturated heterocycles. The van der Waals surface area contributed by atoms with Gasteiger partial charge in [-0.3, -0.25) is 14.4 Å². The maximum Gasteiger partial charge on any atom is 0.303 e. The Bertz CT molecular complexity index is 499. The Labute approximate surface area is 158 Å². The van der Waals surface area contributed by atoms with Gasteiger partial charge in [-0.2, -0.15) is 0 Å². The lowest BCUT2D eigenvalue weighted by Gasteiger charge is -2.43. The van der Waals surface area contributed by atoms with E-state index in [4.69, 9.17) is 34.2 Å². The van der Waals surface area contributed by atoms with Crippen molar-refractivity contribution >= 4 is 17.9 Å². The largest absolute Gasteiger partial charge is 0.463 e. The number of hydrogen-bond acceptors (Lipinski definition) is 10. The maximum atomic E-state index is 11.5. The highest BCUT2D eigenvalue weighted by Crippen LogP contribution is 2.31. The summed E-state index contributed by atoms with van der Waals surface area (Å²) >= 11 is 0. The zero-order valence-corrected chi connectivity index (χ0v) is 16.2. The van der Waals surface area contributed by atoms with Crippen LogP contribution in [-0.2, 0) is 42.8 Å². The zero-order valence-electron chi connectivity index (χ0n) is 16.2. The Kier molecular flexibility index (Phi) is 10.2. The third kappa shape index (κ3) is 8.21. The molecule has 0 bridgehead atoms. The summed E-state index contributed by atoms with van der Waals surface area (Å²) in [6.45, 7) is 6.64. The maximum absolute atomic E-state index is 11.5. The summed E-state index contributed by atoms with van der Waals surface area (Å²) < 4.78 is 32.4. The van der Waals surface area contributed by atoms with Crippen LogP contribution < -0.4 is 5.73 Å². The molecule has 0 spiro atoms. The van der Waals surface area contributed by atoms with Crippen LogP contribution in [0.1, 0.15) is 27.7 Å². The Morgan fingerprint density at radius 3 is 2.11 bits per heavy atom. The van der Waals surface area contributed by atoms with E-state index in [1.807, 2.05) is 0 Å². The van der Waals surface area contributed by atoms with Crippen LogP contribution in [0.5, 0.6) is 0 Å². The SMILES string of the molecule is CC(=O)OC[C@H]1O[C@@H](OCCOCCN)[C@H](C)[C@@H](OC(C)=O)[C@H]1OC(C)=O. The lowest BCUT2D eigenvalue weighted by Crippen LogP contribution is -2.58. The summed E-state index contributed by atoms with van der Waals surface area (Å²) in [6.07, 6.45) is -3.39. The smallest absolute Gasteiger partial charge is 0.303 e. The van der Waals surface area contributed by atoms with Gasteiger partial charge >= 0.3 is 17.9 Å². The average molecular weight is 391 g/mol. The first-order valence-corrected chi connectivity index (χ1v) is 8.79. The number of ether oxygens (including phenoxy) is 6. The average Bonchev–Trinajstić information content (AvgIpc) is 2.57. The first-order valence-electron chi connectivity index (χ1n) is 8.79. The van der Waals surface area contributed by atoms with Gasteiger partial charge in [-0.15, -0.1) is 0 Å². The monoisotopic (exact) mass is 391 g/mol. The molecule has 0 radical (unpaired) electrons. The Balaban J connectivity index is 2.89. The van der Waals surface area contributed by atoms with Gasteiger partial charge in [0, 0.05) is 33.2 Å². The molecule has 0 aromatic rings. The van der Waals surface area contributed by atoms with E-state index < -0.39 is 48.4 Å². The topological polar surface area (TPSA) is 133 Å². The van der Waals surface area contributed by atoms with E-state index in [1.165, 1.54) is 20.8 Å². The summed E-state index contributed by atoms with van der Waals surface area (Å²) in [5.74, 6) is -2.07. The number of carbonyl (C=O) groups excluding carboxylic acids is 3. The molecule has 1 rings (SSSR count). The van der Waals surface area contributed by atoms with Crippen LogP contribution >= 0.6 is 0 Å². The minimum atomic E-state index is -0.936. The molecule has 0 aromatic heterocycles. The Morgan fingerprint density at radius 2 is 1.56 bits per heavy atom. The Hall–Kier alpha value is -1.75. The standard InChI is InChI=1S/C17H29NO9/c1-10-15(25-12(3)20)16(26-13(4)21)14(9-24-11(2)19)27-17(10)23-8-7-22-6-5-18/h10,14-17H,5-9,18H2,1-4H3/t10-,14-,15-,16+,17-/m1/s1. The molecule has 27 heavy (non-hydrogen) atoms. The fraction of sp³-hybridized carbons (Fsp3) is 0.824. The van der Waals surface area contributed by atoms with Crippen molar-refractivity contribution in [2.24, 2.45) is 11.7 Å². The number of carbonyl (C=O) groups is 3. The van der Waals surface area contributed by atoms with Gasteiger partial charge in [0.15, 0.2) is 12.4 Å². The predicted molar refractivity (Wildman–Crippen MR) is 91.4 cm³/mol. The number of nitrogens with two attached hydrogens (primary N) is 1. The lowest BCUT2D eigenvalue weighted by atomic mass is 9.92. The molecule has 0 aromatic carbocycles. The molecule has 0 unspecified atom stereocenters. The van der Waals surface area contributed by atoms with Crippen LogP contribution in [0.25, 0.3) is 0 Å². The summed E-state index contributed by atoms with van der Waals surface area (Å²) in [6, 6.07) is 0. The van der Waals surface area contributed by atoms with Crippen molar-refractivity contribution < 1.29 is 42.8 Å². The molecule has 5 atom stereocenters. The molecule has 0 saturated carbocycles. The summed E-state index contributed by atoms with van der Waals surface area (Å²) in [5.41, 5.74) is 5.35. The minimum absolute atomic E-state index is 0.179. The summed E-state index contributed by atoms with van der Waals surface area (Å²) in [5, 5.41) is 0. The molecule has 1 heterocycles. The van der Waals surface area contributed by atoms with Crippen molar-refractivity contribution in [3.8, 4) is 0 Å². The van der Waals surface area contributed by atoms with E-state index in [2.05, 4.69) is 0 Å². The van der Waals surface area contributed by atoms with Crippen LogP contribution in [0.3, 0.4) is 0 Å². The first kappa shape index (κ1) is 23.3. The second kappa shape index (κ2) is 11.9. The van der Waals surface area contributed by atoms with Gasteiger partial charge < -0.3 is 34.2 Å². The van der Waals surface area contributed by atoms with Crippen LogP contribution in [0.2, 0.25) is 0 Å². The van der Waals surface area contributed by atoms with Crippen molar-refractivity contribution in [1.29, 1.82) is 0 Å². The van der Waals surface area contributed by atoms with Gasteiger partial charge in [0.05, 0.1) is 19.8 Å². The number of rotatable bonds is 10. The molecule has 156 valence electrons. The molecule has 10 heteroatoms. The molecule has 1 aliphatic rings. The van der Waals surface area contributed by atoms with Crippen LogP contribution in [0.15, 0.2) is 0 Å². The molecular weight excluding hydrogens is 362 g/mol. The van der Waals surface area contributed by atoms with Crippen molar-refractivity contribution in [3.63, 3.8) is 0 Å². The van der Waals surface area contributed by atoms with Gasteiger partial charge in [-0.25, -0.2) is 0 Å². The second-order valence-electron chi connectivity index (χ2n) is 6.12. The highest BCUT2D eigenvalue weighted by molar-refractivity contribution is 5.67. The molecule has 2 N–H and O–H groups in total. The lowest BCUT2D eigenvalue weighted by molar-refractivity contribution is -0.290. The summed E-state index contributed by atoms with van der Waals surface area (Å²) in [4.78, 5) is 34.2. The zero-order chi connectivity index (χ0) is 20.4. The fourth-order valence-corrected chi connectivity index (χ4v) is 2.67. The van der Waals surface area contributed by atoms with E-state index in [-0.39, 0.29) is 13.2 Å². The minimum Gasteiger partial charge on any atom is -0.463 e. The van der Waals surface area contributed by atoms with E-state index in [0.717, 1.165) is 0 Å². The molecule has 1 fully saturated rings. The predicted octanol–water partition coefficient (Wildman–Crippen LogP) is -0.234.